The molecule has 1 aromatic heterocycles. The van der Waals surface area contributed by atoms with Crippen molar-refractivity contribution in [1.82, 2.24) is 4.98 Å². The summed E-state index contributed by atoms with van der Waals surface area (Å²) in [4.78, 5) is 15.4. The van der Waals surface area contributed by atoms with Gasteiger partial charge in [0.1, 0.15) is 11.2 Å². The monoisotopic (exact) mass is 243 g/mol. The third kappa shape index (κ3) is 1.61. The van der Waals surface area contributed by atoms with Gasteiger partial charge < -0.3 is 9.52 Å². The molecule has 0 atom stereocenters. The van der Waals surface area contributed by atoms with Crippen molar-refractivity contribution in [3.05, 3.63) is 41.8 Å². The van der Waals surface area contributed by atoms with E-state index in [0.717, 1.165) is 11.1 Å². The number of aliphatic carboxylic acids is 1. The highest BCUT2D eigenvalue weighted by molar-refractivity contribution is 5.84. The van der Waals surface area contributed by atoms with Gasteiger partial charge in [0.25, 0.3) is 0 Å². The van der Waals surface area contributed by atoms with Gasteiger partial charge in [0, 0.05) is 5.56 Å². The molecule has 0 saturated heterocycles. The van der Waals surface area contributed by atoms with Gasteiger partial charge in [-0.15, -0.1) is 0 Å². The average molecular weight is 243 g/mol. The van der Waals surface area contributed by atoms with Crippen LogP contribution in [0.4, 0.5) is 0 Å². The Bertz CT molecular complexity index is 611. The molecule has 0 spiro atoms. The second kappa shape index (κ2) is 3.70. The Morgan fingerprint density at radius 2 is 2.22 bits per heavy atom. The van der Waals surface area contributed by atoms with Crippen LogP contribution in [0.2, 0.25) is 0 Å². The fourth-order valence-electron chi connectivity index (χ4n) is 2.10. The molecule has 1 fully saturated rings. The topological polar surface area (TPSA) is 63.3 Å². The number of aryl methyl sites for hydroxylation is 1. The number of hydrogen-bond donors (Lipinski definition) is 1. The zero-order valence-corrected chi connectivity index (χ0v) is 10.0. The molecule has 0 bridgehead atoms. The molecule has 4 heteroatoms. The number of hydrogen-bond acceptors (Lipinski definition) is 3. The Morgan fingerprint density at radius 1 is 1.44 bits per heavy atom. The number of carbonyl (C=O) groups is 1. The molecular formula is C14H13NO3. The van der Waals surface area contributed by atoms with E-state index in [9.17, 15) is 9.90 Å². The quantitative estimate of drug-likeness (QED) is 0.900. The molecule has 0 unspecified atom stereocenters. The first kappa shape index (κ1) is 11.0. The maximum Gasteiger partial charge on any atom is 0.317 e. The number of benzene rings is 1. The lowest BCUT2D eigenvalue weighted by molar-refractivity contribution is -0.140. The normalized spacial score (nSPS) is 16.5. The van der Waals surface area contributed by atoms with E-state index in [4.69, 9.17) is 4.42 Å². The molecule has 0 amide bonds. The number of carboxylic acids is 1. The van der Waals surface area contributed by atoms with Crippen LogP contribution in [0.1, 0.15) is 24.2 Å². The van der Waals surface area contributed by atoms with E-state index in [-0.39, 0.29) is 0 Å². The minimum atomic E-state index is -0.825. The molecule has 2 aromatic rings. The van der Waals surface area contributed by atoms with E-state index in [1.54, 1.807) is 6.20 Å². The minimum Gasteiger partial charge on any atom is -0.480 e. The summed E-state index contributed by atoms with van der Waals surface area (Å²) < 4.78 is 5.62. The second-order valence-electron chi connectivity index (χ2n) is 4.79. The molecule has 3 rings (SSSR count). The number of rotatable bonds is 3. The van der Waals surface area contributed by atoms with Crippen molar-refractivity contribution in [2.24, 2.45) is 0 Å². The summed E-state index contributed by atoms with van der Waals surface area (Å²) in [6, 6.07) is 7.80. The van der Waals surface area contributed by atoms with Gasteiger partial charge in [-0.25, -0.2) is 4.98 Å². The first-order chi connectivity index (χ1) is 8.62. The molecule has 1 heterocycles. The van der Waals surface area contributed by atoms with Crippen molar-refractivity contribution in [3.8, 4) is 11.5 Å². The van der Waals surface area contributed by atoms with Crippen LogP contribution in [0.5, 0.6) is 0 Å². The third-order valence-corrected chi connectivity index (χ3v) is 3.40. The Morgan fingerprint density at radius 3 is 2.83 bits per heavy atom. The Hall–Kier alpha value is -2.10. The fraction of sp³-hybridized carbons (Fsp3) is 0.286. The van der Waals surface area contributed by atoms with Gasteiger partial charge in [-0.3, -0.25) is 4.79 Å². The lowest BCUT2D eigenvalue weighted by Crippen LogP contribution is -2.18. The molecule has 1 aromatic carbocycles. The van der Waals surface area contributed by atoms with E-state index >= 15 is 0 Å². The zero-order chi connectivity index (χ0) is 12.8. The van der Waals surface area contributed by atoms with Crippen molar-refractivity contribution in [3.63, 3.8) is 0 Å². The summed E-state index contributed by atoms with van der Waals surface area (Å²) in [6.45, 7) is 1.99. The Balaban J connectivity index is 1.98. The van der Waals surface area contributed by atoms with Crippen molar-refractivity contribution < 1.29 is 14.3 Å². The highest BCUT2D eigenvalue weighted by atomic mass is 16.4. The highest BCUT2D eigenvalue weighted by Crippen LogP contribution is 2.49. The van der Waals surface area contributed by atoms with Crippen molar-refractivity contribution >= 4 is 5.97 Å². The van der Waals surface area contributed by atoms with Crippen LogP contribution >= 0.6 is 0 Å². The predicted octanol–water partition coefficient (Wildman–Crippen LogP) is 2.77. The molecule has 0 aliphatic heterocycles. The molecule has 1 saturated carbocycles. The molecule has 0 radical (unpaired) electrons. The number of oxazole rings is 1. The van der Waals surface area contributed by atoms with E-state index in [0.29, 0.717) is 24.5 Å². The van der Waals surface area contributed by atoms with Crippen molar-refractivity contribution in [1.29, 1.82) is 0 Å². The van der Waals surface area contributed by atoms with E-state index in [2.05, 4.69) is 4.98 Å². The lowest BCUT2D eigenvalue weighted by Gasteiger charge is -2.04. The lowest BCUT2D eigenvalue weighted by atomic mass is 10.1. The van der Waals surface area contributed by atoms with Crippen LogP contribution in [-0.2, 0) is 10.2 Å². The average Bonchev–Trinajstić information content (AvgIpc) is 3.01. The van der Waals surface area contributed by atoms with Gasteiger partial charge in [-0.05, 0) is 31.9 Å². The van der Waals surface area contributed by atoms with E-state index in [1.807, 2.05) is 31.2 Å². The van der Waals surface area contributed by atoms with Crippen LogP contribution in [0.15, 0.2) is 34.9 Å². The van der Waals surface area contributed by atoms with E-state index < -0.39 is 11.4 Å². The molecular weight excluding hydrogens is 230 g/mol. The fourth-order valence-corrected chi connectivity index (χ4v) is 2.10. The van der Waals surface area contributed by atoms with Gasteiger partial charge in [-0.2, -0.15) is 0 Å². The Kier molecular flexibility index (Phi) is 2.26. The summed E-state index contributed by atoms with van der Waals surface area (Å²) in [5, 5.41) is 9.19. The highest BCUT2D eigenvalue weighted by Gasteiger charge is 2.55. The summed E-state index contributed by atoms with van der Waals surface area (Å²) >= 11 is 0. The van der Waals surface area contributed by atoms with Crippen LogP contribution in [0.25, 0.3) is 11.5 Å². The SMILES string of the molecule is Cc1cccc(-c2ncc(C3(C(=O)O)CC3)o2)c1. The first-order valence-corrected chi connectivity index (χ1v) is 5.88. The molecule has 4 nitrogen and oxygen atoms in total. The molecule has 92 valence electrons. The standard InChI is InChI=1S/C14H13NO3/c1-9-3-2-4-10(7-9)12-15-8-11(18-12)14(5-6-14)13(16)17/h2-4,7-8H,5-6H2,1H3,(H,16,17). The van der Waals surface area contributed by atoms with E-state index in [1.165, 1.54) is 0 Å². The molecule has 1 aliphatic carbocycles. The smallest absolute Gasteiger partial charge is 0.317 e. The van der Waals surface area contributed by atoms with Gasteiger partial charge in [-0.1, -0.05) is 17.7 Å². The van der Waals surface area contributed by atoms with Gasteiger partial charge in [0.05, 0.1) is 6.20 Å². The van der Waals surface area contributed by atoms with Crippen LogP contribution in [0, 0.1) is 6.92 Å². The maximum atomic E-state index is 11.2. The van der Waals surface area contributed by atoms with Crippen LogP contribution in [-0.4, -0.2) is 16.1 Å². The second-order valence-corrected chi connectivity index (χ2v) is 4.79. The summed E-state index contributed by atoms with van der Waals surface area (Å²) in [6.07, 6.45) is 2.80. The minimum absolute atomic E-state index is 0.464. The first-order valence-electron chi connectivity index (χ1n) is 5.88. The summed E-state index contributed by atoms with van der Waals surface area (Å²) in [5.41, 5.74) is 1.17. The van der Waals surface area contributed by atoms with Gasteiger partial charge >= 0.3 is 5.97 Å². The number of carboxylic acid groups (broad SMARTS) is 1. The van der Waals surface area contributed by atoms with Gasteiger partial charge in [0.15, 0.2) is 0 Å². The summed E-state index contributed by atoms with van der Waals surface area (Å²) in [5.74, 6) is 0.127. The Labute approximate surface area is 104 Å². The van der Waals surface area contributed by atoms with Crippen molar-refractivity contribution in [2.75, 3.05) is 0 Å². The predicted molar refractivity (Wildman–Crippen MR) is 65.2 cm³/mol. The zero-order valence-electron chi connectivity index (χ0n) is 10.0. The van der Waals surface area contributed by atoms with Crippen LogP contribution < -0.4 is 0 Å². The van der Waals surface area contributed by atoms with Crippen molar-refractivity contribution in [2.45, 2.75) is 25.2 Å². The van der Waals surface area contributed by atoms with Gasteiger partial charge in [0.2, 0.25) is 5.89 Å². The summed E-state index contributed by atoms with van der Waals surface area (Å²) in [7, 11) is 0. The molecule has 1 aliphatic rings. The largest absolute Gasteiger partial charge is 0.480 e. The number of aromatic nitrogens is 1. The van der Waals surface area contributed by atoms with Crippen LogP contribution in [0.3, 0.4) is 0 Å². The third-order valence-electron chi connectivity index (χ3n) is 3.40. The number of nitrogens with zero attached hydrogens (tertiary/aromatic N) is 1. The molecule has 18 heavy (non-hydrogen) atoms. The molecule has 1 N–H and O–H groups in total. The maximum absolute atomic E-state index is 11.2.